The van der Waals surface area contributed by atoms with E-state index in [-0.39, 0.29) is 5.91 Å². The lowest BCUT2D eigenvalue weighted by Crippen LogP contribution is -2.34. The lowest BCUT2D eigenvalue weighted by Gasteiger charge is -2.19. The van der Waals surface area contributed by atoms with E-state index in [2.05, 4.69) is 11.5 Å². The summed E-state index contributed by atoms with van der Waals surface area (Å²) in [6.07, 6.45) is 2.43. The van der Waals surface area contributed by atoms with Crippen molar-refractivity contribution in [2.75, 3.05) is 18.1 Å². The van der Waals surface area contributed by atoms with E-state index in [0.717, 1.165) is 25.1 Å². The van der Waals surface area contributed by atoms with Gasteiger partial charge in [-0.2, -0.15) is 0 Å². The van der Waals surface area contributed by atoms with Crippen LogP contribution in [0.25, 0.3) is 0 Å². The number of para-hydroxylation sites is 1. The summed E-state index contributed by atoms with van der Waals surface area (Å²) in [6, 6.07) is 7.98. The van der Waals surface area contributed by atoms with E-state index in [1.54, 1.807) is 5.01 Å². The highest BCUT2D eigenvalue weighted by Gasteiger charge is 2.22. The number of nitrogens with zero attached hydrogens (tertiary/aromatic N) is 1. The first-order valence-corrected chi connectivity index (χ1v) is 5.67. The van der Waals surface area contributed by atoms with Gasteiger partial charge in [0.1, 0.15) is 0 Å². The highest BCUT2D eigenvalue weighted by atomic mass is 16.2. The Morgan fingerprint density at radius 3 is 2.88 bits per heavy atom. The SMILES string of the molecule is NCCCc1ccccc1N1NCCC1=O. The third kappa shape index (κ3) is 2.23. The highest BCUT2D eigenvalue weighted by Crippen LogP contribution is 2.22. The monoisotopic (exact) mass is 219 g/mol. The summed E-state index contributed by atoms with van der Waals surface area (Å²) in [4.78, 5) is 11.6. The fourth-order valence-electron chi connectivity index (χ4n) is 1.93. The minimum atomic E-state index is 0.139. The number of hydrogen-bond acceptors (Lipinski definition) is 3. The molecule has 1 aliphatic rings. The van der Waals surface area contributed by atoms with Crippen molar-refractivity contribution in [1.29, 1.82) is 0 Å². The Balaban J connectivity index is 2.21. The Hall–Kier alpha value is -1.39. The molecule has 0 bridgehead atoms. The molecule has 0 aromatic heterocycles. The van der Waals surface area contributed by atoms with Crippen LogP contribution in [0.1, 0.15) is 18.4 Å². The molecule has 4 heteroatoms. The topological polar surface area (TPSA) is 58.4 Å². The second-order valence-electron chi connectivity index (χ2n) is 3.91. The second kappa shape index (κ2) is 5.09. The molecule has 0 unspecified atom stereocenters. The maximum atomic E-state index is 11.6. The van der Waals surface area contributed by atoms with Gasteiger partial charge < -0.3 is 5.73 Å². The van der Waals surface area contributed by atoms with Gasteiger partial charge in [-0.25, -0.2) is 10.4 Å². The van der Waals surface area contributed by atoms with Gasteiger partial charge >= 0.3 is 0 Å². The van der Waals surface area contributed by atoms with Crippen LogP contribution in [0.15, 0.2) is 24.3 Å². The van der Waals surface area contributed by atoms with Gasteiger partial charge in [0.25, 0.3) is 0 Å². The quantitative estimate of drug-likeness (QED) is 0.788. The Labute approximate surface area is 95.4 Å². The lowest BCUT2D eigenvalue weighted by molar-refractivity contribution is -0.117. The molecule has 1 fully saturated rings. The Kier molecular flexibility index (Phi) is 3.54. The summed E-state index contributed by atoms with van der Waals surface area (Å²) in [5, 5.41) is 1.66. The fraction of sp³-hybridized carbons (Fsp3) is 0.417. The highest BCUT2D eigenvalue weighted by molar-refractivity contribution is 5.95. The van der Waals surface area contributed by atoms with Crippen molar-refractivity contribution in [1.82, 2.24) is 5.43 Å². The largest absolute Gasteiger partial charge is 0.330 e. The number of hydrazine groups is 1. The minimum absolute atomic E-state index is 0.139. The number of aryl methyl sites for hydroxylation is 1. The molecule has 1 aromatic carbocycles. The van der Waals surface area contributed by atoms with E-state index >= 15 is 0 Å². The third-order valence-electron chi connectivity index (χ3n) is 2.74. The van der Waals surface area contributed by atoms with E-state index in [9.17, 15) is 4.79 Å². The number of nitrogens with two attached hydrogens (primary N) is 1. The van der Waals surface area contributed by atoms with Crippen LogP contribution in [0.5, 0.6) is 0 Å². The van der Waals surface area contributed by atoms with Crippen molar-refractivity contribution in [3.8, 4) is 0 Å². The van der Waals surface area contributed by atoms with Crippen molar-refractivity contribution in [3.05, 3.63) is 29.8 Å². The van der Waals surface area contributed by atoms with Gasteiger partial charge in [0.05, 0.1) is 5.69 Å². The number of amides is 1. The van der Waals surface area contributed by atoms with Crippen molar-refractivity contribution in [3.63, 3.8) is 0 Å². The van der Waals surface area contributed by atoms with Gasteiger partial charge in [-0.15, -0.1) is 0 Å². The lowest BCUT2D eigenvalue weighted by atomic mass is 10.1. The van der Waals surface area contributed by atoms with Crippen LogP contribution in [0.3, 0.4) is 0 Å². The summed E-state index contributed by atoms with van der Waals surface area (Å²) < 4.78 is 0. The number of carbonyl (C=O) groups is 1. The van der Waals surface area contributed by atoms with Crippen LogP contribution in [0, 0.1) is 0 Å². The molecule has 2 rings (SSSR count). The van der Waals surface area contributed by atoms with E-state index in [4.69, 9.17) is 5.73 Å². The Bertz CT molecular complexity index is 378. The van der Waals surface area contributed by atoms with E-state index < -0.39 is 0 Å². The van der Waals surface area contributed by atoms with E-state index in [1.807, 2.05) is 18.2 Å². The van der Waals surface area contributed by atoms with Gasteiger partial charge in [-0.3, -0.25) is 4.79 Å². The van der Waals surface area contributed by atoms with Crippen molar-refractivity contribution < 1.29 is 4.79 Å². The number of benzene rings is 1. The second-order valence-corrected chi connectivity index (χ2v) is 3.91. The van der Waals surface area contributed by atoms with Crippen molar-refractivity contribution >= 4 is 11.6 Å². The molecule has 1 aliphatic heterocycles. The zero-order valence-electron chi connectivity index (χ0n) is 9.28. The number of rotatable bonds is 4. The van der Waals surface area contributed by atoms with E-state index in [1.165, 1.54) is 5.56 Å². The first-order chi connectivity index (χ1) is 7.83. The van der Waals surface area contributed by atoms with Gasteiger partial charge in [0, 0.05) is 13.0 Å². The summed E-state index contributed by atoms with van der Waals surface area (Å²) in [5.41, 5.74) is 10.8. The number of nitrogens with one attached hydrogen (secondary N) is 1. The third-order valence-corrected chi connectivity index (χ3v) is 2.74. The zero-order chi connectivity index (χ0) is 11.4. The Morgan fingerprint density at radius 2 is 2.19 bits per heavy atom. The average molecular weight is 219 g/mol. The molecule has 1 heterocycles. The van der Waals surface area contributed by atoms with Crippen LogP contribution in [-0.2, 0) is 11.2 Å². The maximum absolute atomic E-state index is 11.6. The molecule has 16 heavy (non-hydrogen) atoms. The molecular formula is C12H17N3O. The molecule has 1 amide bonds. The predicted octanol–water partition coefficient (Wildman–Crippen LogP) is 0.819. The summed E-state index contributed by atoms with van der Waals surface area (Å²) >= 11 is 0. The van der Waals surface area contributed by atoms with Gasteiger partial charge in [0.2, 0.25) is 5.91 Å². The van der Waals surface area contributed by atoms with Gasteiger partial charge in [0.15, 0.2) is 0 Å². The molecule has 0 spiro atoms. The average Bonchev–Trinajstić information content (AvgIpc) is 2.73. The van der Waals surface area contributed by atoms with Crippen molar-refractivity contribution in [2.24, 2.45) is 5.73 Å². The normalized spacial score (nSPS) is 15.8. The summed E-state index contributed by atoms with van der Waals surface area (Å²) in [6.45, 7) is 1.40. The number of hydrogen-bond donors (Lipinski definition) is 2. The van der Waals surface area contributed by atoms with Gasteiger partial charge in [-0.05, 0) is 31.0 Å². The van der Waals surface area contributed by atoms with Crippen molar-refractivity contribution in [2.45, 2.75) is 19.3 Å². The smallest absolute Gasteiger partial charge is 0.242 e. The minimum Gasteiger partial charge on any atom is -0.330 e. The summed E-state index contributed by atoms with van der Waals surface area (Å²) in [5.74, 6) is 0.139. The first kappa shape index (κ1) is 11.1. The standard InChI is InChI=1S/C12H17N3O/c13-8-3-5-10-4-1-2-6-11(10)15-12(16)7-9-14-15/h1-2,4,6,14H,3,5,7-9,13H2. The maximum Gasteiger partial charge on any atom is 0.242 e. The van der Waals surface area contributed by atoms with Gasteiger partial charge in [-0.1, -0.05) is 18.2 Å². The molecule has 0 aliphatic carbocycles. The molecule has 86 valence electrons. The predicted molar refractivity (Wildman–Crippen MR) is 63.9 cm³/mol. The Morgan fingerprint density at radius 1 is 1.38 bits per heavy atom. The molecule has 3 N–H and O–H groups in total. The molecule has 0 radical (unpaired) electrons. The molecule has 1 aromatic rings. The van der Waals surface area contributed by atoms with Crippen LogP contribution in [0.4, 0.5) is 5.69 Å². The summed E-state index contributed by atoms with van der Waals surface area (Å²) in [7, 11) is 0. The molecule has 4 nitrogen and oxygen atoms in total. The van der Waals surface area contributed by atoms with Crippen LogP contribution in [-0.4, -0.2) is 19.0 Å². The van der Waals surface area contributed by atoms with Crippen LogP contribution >= 0.6 is 0 Å². The molecule has 0 saturated carbocycles. The molecule has 0 atom stereocenters. The number of anilines is 1. The van der Waals surface area contributed by atoms with E-state index in [0.29, 0.717) is 13.0 Å². The van der Waals surface area contributed by atoms with Crippen LogP contribution < -0.4 is 16.2 Å². The fourth-order valence-corrected chi connectivity index (χ4v) is 1.93. The zero-order valence-corrected chi connectivity index (χ0v) is 9.28. The van der Waals surface area contributed by atoms with Crippen LogP contribution in [0.2, 0.25) is 0 Å². The molecular weight excluding hydrogens is 202 g/mol. The number of carbonyl (C=O) groups excluding carboxylic acids is 1. The molecule has 1 saturated heterocycles. The first-order valence-electron chi connectivity index (χ1n) is 5.67.